The summed E-state index contributed by atoms with van der Waals surface area (Å²) >= 11 is 4.33. The van der Waals surface area contributed by atoms with Gasteiger partial charge in [0, 0.05) is 24.8 Å². The number of amides is 1. The summed E-state index contributed by atoms with van der Waals surface area (Å²) in [5, 5.41) is 12.9. The summed E-state index contributed by atoms with van der Waals surface area (Å²) in [5.41, 5.74) is 2.19. The maximum absolute atomic E-state index is 11.9. The first-order valence-corrected chi connectivity index (χ1v) is 12.5. The van der Waals surface area contributed by atoms with Crippen molar-refractivity contribution in [2.75, 3.05) is 36.1 Å². The Hall–Kier alpha value is -2.51. The van der Waals surface area contributed by atoms with Gasteiger partial charge in [-0.05, 0) is 36.5 Å². The highest BCUT2D eigenvalue weighted by atomic mass is 35.5. The minimum absolute atomic E-state index is 0.0507. The van der Waals surface area contributed by atoms with Gasteiger partial charge in [-0.1, -0.05) is 24.4 Å². The minimum atomic E-state index is -2.05. The van der Waals surface area contributed by atoms with E-state index in [-0.39, 0.29) is 24.4 Å². The van der Waals surface area contributed by atoms with E-state index in [1.807, 2.05) is 6.07 Å². The van der Waals surface area contributed by atoms with E-state index in [9.17, 15) is 9.00 Å². The lowest BCUT2D eigenvalue weighted by molar-refractivity contribution is -0.115. The molecule has 1 saturated carbocycles. The molecule has 34 heavy (non-hydrogen) atoms. The molecule has 1 fully saturated rings. The fourth-order valence-electron chi connectivity index (χ4n) is 4.30. The summed E-state index contributed by atoms with van der Waals surface area (Å²) in [6.07, 6.45) is 5.47. The topological polar surface area (TPSA) is 150 Å². The molecule has 0 spiro atoms. The lowest BCUT2D eigenvalue weighted by atomic mass is 9.84. The fourth-order valence-corrected chi connectivity index (χ4v) is 4.80. The van der Waals surface area contributed by atoms with E-state index in [1.165, 1.54) is 6.20 Å². The van der Waals surface area contributed by atoms with Crippen molar-refractivity contribution >= 4 is 51.9 Å². The van der Waals surface area contributed by atoms with Crippen LogP contribution in [-0.4, -0.2) is 50.9 Å². The van der Waals surface area contributed by atoms with Crippen LogP contribution in [0, 0.1) is 5.92 Å². The third-order valence-electron chi connectivity index (χ3n) is 5.99. The molecule has 0 bridgehead atoms. The van der Waals surface area contributed by atoms with Crippen LogP contribution in [-0.2, 0) is 22.6 Å². The zero-order valence-electron chi connectivity index (χ0n) is 18.7. The molecule has 2 aliphatic rings. The fraction of sp³-hybridized carbons (Fsp3) is 0.476. The maximum Gasteiger partial charge on any atom is 0.238 e. The van der Waals surface area contributed by atoms with Gasteiger partial charge in [0.15, 0.2) is 5.82 Å². The molecule has 1 amide bonds. The summed E-state index contributed by atoms with van der Waals surface area (Å²) in [4.78, 5) is 20.8. The van der Waals surface area contributed by atoms with Gasteiger partial charge >= 0.3 is 0 Å². The van der Waals surface area contributed by atoms with E-state index < -0.39 is 11.3 Å². The Morgan fingerprint density at radius 2 is 2.12 bits per heavy atom. The standard InChI is InChI=1S/C21H28ClN7O4S/c1-33-18-6-13-8-23-11-19(30)26-16(13)7-17(18)28-21-24-10-14(22)20(29-21)27-15-5-3-2-4-12(15)9-25-34(31)32/h6-7,10,12,15,23,25H,2-5,8-9,11H2,1H3,(H,26,30)(H,31,32)(H2,24,27,28,29)/t12-,15-/m1/s1. The van der Waals surface area contributed by atoms with Crippen LogP contribution in [0.5, 0.6) is 5.75 Å². The highest BCUT2D eigenvalue weighted by Crippen LogP contribution is 2.35. The van der Waals surface area contributed by atoms with Crippen LogP contribution >= 0.6 is 11.6 Å². The quantitative estimate of drug-likeness (QED) is 0.295. The number of anilines is 4. The molecular formula is C21H28ClN7O4S. The molecule has 1 aromatic carbocycles. The minimum Gasteiger partial charge on any atom is -0.495 e. The van der Waals surface area contributed by atoms with Crippen molar-refractivity contribution in [3.8, 4) is 5.75 Å². The number of carbonyl (C=O) groups excluding carboxylic acids is 1. The molecule has 1 aromatic heterocycles. The number of nitrogens with zero attached hydrogens (tertiary/aromatic N) is 2. The Morgan fingerprint density at radius 1 is 1.29 bits per heavy atom. The van der Waals surface area contributed by atoms with E-state index >= 15 is 0 Å². The number of aromatic nitrogens is 2. The van der Waals surface area contributed by atoms with Crippen molar-refractivity contribution in [3.63, 3.8) is 0 Å². The predicted octanol–water partition coefficient (Wildman–Crippen LogP) is 2.62. The van der Waals surface area contributed by atoms with E-state index in [4.69, 9.17) is 20.9 Å². The number of methoxy groups -OCH3 is 1. The van der Waals surface area contributed by atoms with Crippen LogP contribution in [0.2, 0.25) is 5.02 Å². The molecule has 1 aliphatic carbocycles. The largest absolute Gasteiger partial charge is 0.495 e. The van der Waals surface area contributed by atoms with Gasteiger partial charge in [-0.3, -0.25) is 9.35 Å². The molecule has 184 valence electrons. The van der Waals surface area contributed by atoms with Crippen LogP contribution in [0.15, 0.2) is 18.3 Å². The van der Waals surface area contributed by atoms with Crippen molar-refractivity contribution in [2.24, 2.45) is 5.92 Å². The summed E-state index contributed by atoms with van der Waals surface area (Å²) in [6.45, 7) is 1.19. The van der Waals surface area contributed by atoms with Gasteiger partial charge in [0.05, 0.1) is 25.5 Å². The maximum atomic E-state index is 11.9. The molecular weight excluding hydrogens is 482 g/mol. The number of ether oxygens (including phenoxy) is 1. The van der Waals surface area contributed by atoms with E-state index in [1.54, 1.807) is 13.2 Å². The normalized spacial score (nSPS) is 21.1. The number of halogens is 1. The number of benzene rings is 1. The first kappa shape index (κ1) is 24.6. The van der Waals surface area contributed by atoms with Gasteiger partial charge in [0.2, 0.25) is 23.1 Å². The number of rotatable bonds is 8. The zero-order chi connectivity index (χ0) is 24.1. The van der Waals surface area contributed by atoms with Crippen LogP contribution in [0.4, 0.5) is 23.1 Å². The molecule has 1 aliphatic heterocycles. The third kappa shape index (κ3) is 6.13. The molecule has 11 nitrogen and oxygen atoms in total. The van der Waals surface area contributed by atoms with Crippen LogP contribution < -0.4 is 30.7 Å². The molecule has 13 heteroatoms. The Balaban J connectivity index is 1.54. The van der Waals surface area contributed by atoms with E-state index in [2.05, 4.69) is 36.0 Å². The second-order valence-electron chi connectivity index (χ2n) is 8.27. The molecule has 3 atom stereocenters. The van der Waals surface area contributed by atoms with Crippen molar-refractivity contribution in [1.82, 2.24) is 20.0 Å². The Kier molecular flexibility index (Phi) is 8.16. The second-order valence-corrected chi connectivity index (χ2v) is 9.46. The van der Waals surface area contributed by atoms with Gasteiger partial charge < -0.3 is 26.0 Å². The number of hydrogen-bond donors (Lipinski definition) is 6. The molecule has 4 rings (SSSR count). The van der Waals surface area contributed by atoms with Gasteiger partial charge in [-0.2, -0.15) is 4.98 Å². The Labute approximate surface area is 205 Å². The zero-order valence-corrected chi connectivity index (χ0v) is 20.3. The van der Waals surface area contributed by atoms with Crippen LogP contribution in [0.25, 0.3) is 0 Å². The molecule has 6 N–H and O–H groups in total. The molecule has 2 heterocycles. The van der Waals surface area contributed by atoms with Crippen molar-refractivity contribution in [1.29, 1.82) is 0 Å². The summed E-state index contributed by atoms with van der Waals surface area (Å²) < 4.78 is 28.3. The molecule has 0 saturated heterocycles. The Morgan fingerprint density at radius 3 is 2.91 bits per heavy atom. The van der Waals surface area contributed by atoms with Gasteiger partial charge in [0.1, 0.15) is 10.8 Å². The molecule has 1 unspecified atom stereocenters. The van der Waals surface area contributed by atoms with Gasteiger partial charge in [-0.25, -0.2) is 13.9 Å². The predicted molar refractivity (Wildman–Crippen MR) is 132 cm³/mol. The first-order chi connectivity index (χ1) is 16.4. The number of nitrogens with one attached hydrogen (secondary N) is 5. The average Bonchev–Trinajstić information content (AvgIpc) is 3.00. The lowest BCUT2D eigenvalue weighted by Gasteiger charge is -2.32. The van der Waals surface area contributed by atoms with Gasteiger partial charge in [-0.15, -0.1) is 0 Å². The van der Waals surface area contributed by atoms with E-state index in [0.29, 0.717) is 47.0 Å². The smallest absolute Gasteiger partial charge is 0.238 e. The lowest BCUT2D eigenvalue weighted by Crippen LogP contribution is -2.39. The summed E-state index contributed by atoms with van der Waals surface area (Å²) in [7, 11) is 1.57. The van der Waals surface area contributed by atoms with E-state index in [0.717, 1.165) is 31.2 Å². The van der Waals surface area contributed by atoms with Crippen LogP contribution in [0.1, 0.15) is 31.2 Å². The highest BCUT2D eigenvalue weighted by molar-refractivity contribution is 7.77. The SMILES string of the molecule is COc1cc2c(cc1Nc1ncc(Cl)c(N[C@@H]3CCCC[C@@H]3CNS(=O)O)n1)NC(=O)CNC2. The number of hydrogen-bond acceptors (Lipinski definition) is 8. The number of carbonyl (C=O) groups is 1. The van der Waals surface area contributed by atoms with Crippen molar-refractivity contribution < 1.29 is 18.3 Å². The summed E-state index contributed by atoms with van der Waals surface area (Å²) in [6, 6.07) is 3.70. The Bertz CT molecular complexity index is 1070. The number of fused-ring (bicyclic) bond motifs is 1. The molecule has 0 radical (unpaired) electrons. The summed E-state index contributed by atoms with van der Waals surface area (Å²) in [5.74, 6) is 1.41. The first-order valence-electron chi connectivity index (χ1n) is 11.0. The van der Waals surface area contributed by atoms with Gasteiger partial charge in [0.25, 0.3) is 0 Å². The van der Waals surface area contributed by atoms with Crippen molar-refractivity contribution in [3.05, 3.63) is 28.9 Å². The second kappa shape index (κ2) is 11.3. The van der Waals surface area contributed by atoms with Crippen molar-refractivity contribution in [2.45, 2.75) is 38.3 Å². The molecule has 2 aromatic rings. The third-order valence-corrected chi connectivity index (χ3v) is 6.68. The van der Waals surface area contributed by atoms with Crippen LogP contribution in [0.3, 0.4) is 0 Å². The highest BCUT2D eigenvalue weighted by Gasteiger charge is 2.26. The average molecular weight is 510 g/mol. The monoisotopic (exact) mass is 509 g/mol.